The van der Waals surface area contributed by atoms with Gasteiger partial charge in [-0.1, -0.05) is 0 Å². The summed E-state index contributed by atoms with van der Waals surface area (Å²) in [7, 11) is -0.285. The van der Waals surface area contributed by atoms with Crippen LogP contribution in [0.4, 0.5) is 0 Å². The van der Waals surface area contributed by atoms with Crippen molar-refractivity contribution in [3.8, 4) is 0 Å². The molecule has 1 fully saturated rings. The normalized spacial score (nSPS) is 26.5. The van der Waals surface area contributed by atoms with Gasteiger partial charge in [-0.05, 0) is 27.2 Å². The molecule has 1 aliphatic heterocycles. The van der Waals surface area contributed by atoms with E-state index in [9.17, 15) is 0 Å². The monoisotopic (exact) mass is 194 g/mol. The van der Waals surface area contributed by atoms with E-state index in [1.807, 2.05) is 0 Å². The minimum Gasteiger partial charge on any atom is -0.405 e. The predicted octanol–water partition coefficient (Wildman–Crippen LogP) is 0.709. The Labute approximate surface area is 84.1 Å². The van der Waals surface area contributed by atoms with Gasteiger partial charge in [0.05, 0.1) is 5.60 Å². The Morgan fingerprint density at radius 2 is 2.43 bits per heavy atom. The summed E-state index contributed by atoms with van der Waals surface area (Å²) in [6.45, 7) is 6.23. The average Bonchev–Trinajstić information content (AvgIpc) is 2.51. The third-order valence-corrected chi connectivity index (χ3v) is 2.35. The van der Waals surface area contributed by atoms with E-state index in [0.29, 0.717) is 0 Å². The lowest BCUT2D eigenvalue weighted by Crippen LogP contribution is -2.51. The molecule has 0 aromatic carbocycles. The maximum Gasteiger partial charge on any atom is 0.497 e. The number of nitrogens with zero attached hydrogens (tertiary/aromatic N) is 1. The number of nitrogens with one attached hydrogen (secondary N) is 1. The summed E-state index contributed by atoms with van der Waals surface area (Å²) in [5.74, 6) is 0. The van der Waals surface area contributed by atoms with Gasteiger partial charge in [0.2, 0.25) is 0 Å². The van der Waals surface area contributed by atoms with Gasteiger partial charge in [-0.15, -0.1) is 0 Å². The zero-order chi connectivity index (χ0) is 10.2. The summed E-state index contributed by atoms with van der Waals surface area (Å²) < 4.78 is 11.5. The molecule has 4 nitrogen and oxygen atoms in total. The zero-order valence-electron chi connectivity index (χ0n) is 8.78. The fourth-order valence-electron chi connectivity index (χ4n) is 1.85. The van der Waals surface area contributed by atoms with E-state index in [2.05, 4.69) is 31.0 Å². The molecular weight excluding hydrogens is 179 g/mol. The Balaban J connectivity index is 2.14. The van der Waals surface area contributed by atoms with E-state index in [-0.39, 0.29) is 18.8 Å². The van der Waals surface area contributed by atoms with Crippen LogP contribution in [0.1, 0.15) is 27.2 Å². The number of aromatic amines is 1. The molecule has 1 saturated heterocycles. The minimum atomic E-state index is -0.285. The van der Waals surface area contributed by atoms with Gasteiger partial charge in [0, 0.05) is 24.0 Å². The second-order valence-corrected chi connectivity index (χ2v) is 4.39. The SMILES string of the molecule is CC1CC(C)(C)OB(c2cn[nH]c2)O1. The van der Waals surface area contributed by atoms with Crippen molar-refractivity contribution < 1.29 is 9.31 Å². The van der Waals surface area contributed by atoms with Crippen molar-refractivity contribution in [1.82, 2.24) is 10.2 Å². The molecule has 1 N–H and O–H groups in total. The van der Waals surface area contributed by atoms with Crippen LogP contribution >= 0.6 is 0 Å². The van der Waals surface area contributed by atoms with Gasteiger partial charge >= 0.3 is 7.12 Å². The van der Waals surface area contributed by atoms with Crippen molar-refractivity contribution in [2.45, 2.75) is 38.9 Å². The molecule has 0 radical (unpaired) electrons. The molecule has 1 unspecified atom stereocenters. The van der Waals surface area contributed by atoms with Crippen molar-refractivity contribution in [3.63, 3.8) is 0 Å². The highest BCUT2D eigenvalue weighted by Gasteiger charge is 2.38. The van der Waals surface area contributed by atoms with E-state index in [1.54, 1.807) is 12.4 Å². The Bertz CT molecular complexity index is 300. The third kappa shape index (κ3) is 1.99. The molecule has 14 heavy (non-hydrogen) atoms. The average molecular weight is 194 g/mol. The minimum absolute atomic E-state index is 0.125. The topological polar surface area (TPSA) is 47.1 Å². The molecule has 76 valence electrons. The van der Waals surface area contributed by atoms with Crippen LogP contribution in [0.15, 0.2) is 12.4 Å². The van der Waals surface area contributed by atoms with E-state index < -0.39 is 0 Å². The number of aromatic nitrogens is 2. The molecule has 1 atom stereocenters. The largest absolute Gasteiger partial charge is 0.497 e. The van der Waals surface area contributed by atoms with Crippen LogP contribution in [-0.4, -0.2) is 29.0 Å². The molecule has 0 aliphatic carbocycles. The zero-order valence-corrected chi connectivity index (χ0v) is 8.78. The first-order chi connectivity index (χ1) is 6.57. The van der Waals surface area contributed by atoms with Crippen molar-refractivity contribution in [2.24, 2.45) is 0 Å². The third-order valence-electron chi connectivity index (χ3n) is 2.35. The van der Waals surface area contributed by atoms with Crippen molar-refractivity contribution in [2.75, 3.05) is 0 Å². The van der Waals surface area contributed by atoms with Crippen LogP contribution in [0.25, 0.3) is 0 Å². The molecule has 2 heterocycles. The fraction of sp³-hybridized carbons (Fsp3) is 0.667. The fourth-order valence-corrected chi connectivity index (χ4v) is 1.85. The Morgan fingerprint density at radius 3 is 3.00 bits per heavy atom. The molecule has 5 heteroatoms. The van der Waals surface area contributed by atoms with Crippen molar-refractivity contribution >= 4 is 12.6 Å². The first-order valence-electron chi connectivity index (χ1n) is 4.89. The van der Waals surface area contributed by atoms with Gasteiger partial charge in [0.1, 0.15) is 0 Å². The first kappa shape index (κ1) is 9.74. The van der Waals surface area contributed by atoms with Crippen LogP contribution in [0.3, 0.4) is 0 Å². The van der Waals surface area contributed by atoms with E-state index in [0.717, 1.165) is 11.9 Å². The summed E-state index contributed by atoms with van der Waals surface area (Å²) in [6, 6.07) is 0. The number of H-pyrrole nitrogens is 1. The highest BCUT2D eigenvalue weighted by molar-refractivity contribution is 6.61. The predicted molar refractivity (Wildman–Crippen MR) is 54.3 cm³/mol. The summed E-state index contributed by atoms with van der Waals surface area (Å²) in [5, 5.41) is 6.64. The maximum absolute atomic E-state index is 5.81. The van der Waals surface area contributed by atoms with E-state index in [4.69, 9.17) is 9.31 Å². The molecule has 0 bridgehead atoms. The molecule has 1 aromatic rings. The number of hydrogen-bond acceptors (Lipinski definition) is 3. The van der Waals surface area contributed by atoms with Crippen molar-refractivity contribution in [3.05, 3.63) is 12.4 Å². The number of hydrogen-bond donors (Lipinski definition) is 1. The molecule has 0 spiro atoms. The highest BCUT2D eigenvalue weighted by atomic mass is 16.6. The summed E-state index contributed by atoms with van der Waals surface area (Å²) in [5.41, 5.74) is 0.823. The number of rotatable bonds is 1. The van der Waals surface area contributed by atoms with Gasteiger partial charge in [0.25, 0.3) is 0 Å². The summed E-state index contributed by atoms with van der Waals surface area (Å²) >= 11 is 0. The quantitative estimate of drug-likeness (QED) is 0.669. The molecule has 0 saturated carbocycles. The maximum atomic E-state index is 5.81. The van der Waals surface area contributed by atoms with Crippen molar-refractivity contribution in [1.29, 1.82) is 0 Å². The Morgan fingerprint density at radius 1 is 1.64 bits per heavy atom. The van der Waals surface area contributed by atoms with E-state index >= 15 is 0 Å². The van der Waals surface area contributed by atoms with Crippen LogP contribution in [0.5, 0.6) is 0 Å². The first-order valence-corrected chi connectivity index (χ1v) is 4.89. The van der Waals surface area contributed by atoms with Gasteiger partial charge in [-0.2, -0.15) is 5.10 Å². The molecule has 0 amide bonds. The van der Waals surface area contributed by atoms with Crippen LogP contribution in [0.2, 0.25) is 0 Å². The van der Waals surface area contributed by atoms with E-state index in [1.165, 1.54) is 0 Å². The molecular formula is C9H15BN2O2. The van der Waals surface area contributed by atoms with Gasteiger partial charge in [-0.3, -0.25) is 5.10 Å². The molecule has 1 aliphatic rings. The summed E-state index contributed by atoms with van der Waals surface area (Å²) in [4.78, 5) is 0. The molecule has 2 rings (SSSR count). The molecule has 1 aromatic heterocycles. The van der Waals surface area contributed by atoms with Gasteiger partial charge in [0.15, 0.2) is 0 Å². The van der Waals surface area contributed by atoms with Gasteiger partial charge < -0.3 is 9.31 Å². The lowest BCUT2D eigenvalue weighted by Gasteiger charge is -2.37. The lowest BCUT2D eigenvalue weighted by atomic mass is 9.77. The van der Waals surface area contributed by atoms with Crippen LogP contribution < -0.4 is 5.46 Å². The smallest absolute Gasteiger partial charge is 0.405 e. The Hall–Kier alpha value is -0.805. The highest BCUT2D eigenvalue weighted by Crippen LogP contribution is 2.25. The lowest BCUT2D eigenvalue weighted by molar-refractivity contribution is -0.0229. The van der Waals surface area contributed by atoms with Crippen LogP contribution in [-0.2, 0) is 9.31 Å². The summed E-state index contributed by atoms with van der Waals surface area (Å²) in [6.07, 6.45) is 4.68. The van der Waals surface area contributed by atoms with Gasteiger partial charge in [-0.25, -0.2) is 0 Å². The standard InChI is InChI=1S/C9H15BN2O2/c1-7-4-9(2,3)14-10(13-7)8-5-11-12-6-8/h5-7H,4H2,1-3H3,(H,11,12). The second-order valence-electron chi connectivity index (χ2n) is 4.39. The second kappa shape index (κ2) is 3.40. The van der Waals surface area contributed by atoms with Crippen LogP contribution in [0, 0.1) is 0 Å². The Kier molecular flexibility index (Phi) is 2.37.